The number of phenols is 1. The van der Waals surface area contributed by atoms with Crippen LogP contribution in [0.5, 0.6) is 5.75 Å². The minimum Gasteiger partial charge on any atom is -0.508 e. The molecule has 0 aliphatic carbocycles. The molecule has 2 heteroatoms. The largest absolute Gasteiger partial charge is 0.508 e. The Bertz CT molecular complexity index is 587. The highest BCUT2D eigenvalue weighted by Crippen LogP contribution is 2.29. The Morgan fingerprint density at radius 1 is 1.00 bits per heavy atom. The number of aromatic hydroxyl groups is 1. The molecule has 0 spiro atoms. The molecule has 0 fully saturated rings. The van der Waals surface area contributed by atoms with Crippen LogP contribution in [0.25, 0.3) is 0 Å². The van der Waals surface area contributed by atoms with Crippen LogP contribution in [-0.4, -0.2) is 5.11 Å². The standard InChI is InChI=1S/C18H23NO/c1-5-16(15-8-6-12(2)7-9-15)19-17-10-14(4)18(20)11-13(17)3/h6-11,16,19-20H,5H2,1-4H3. The van der Waals surface area contributed by atoms with Crippen molar-refractivity contribution in [1.82, 2.24) is 0 Å². The summed E-state index contributed by atoms with van der Waals surface area (Å²) < 4.78 is 0. The average molecular weight is 269 g/mol. The van der Waals surface area contributed by atoms with Crippen LogP contribution in [0, 0.1) is 20.8 Å². The van der Waals surface area contributed by atoms with E-state index < -0.39 is 0 Å². The van der Waals surface area contributed by atoms with Gasteiger partial charge in [0, 0.05) is 5.69 Å². The van der Waals surface area contributed by atoms with Gasteiger partial charge in [0.15, 0.2) is 0 Å². The molecule has 0 aliphatic heterocycles. The van der Waals surface area contributed by atoms with Crippen LogP contribution in [-0.2, 0) is 0 Å². The summed E-state index contributed by atoms with van der Waals surface area (Å²) >= 11 is 0. The van der Waals surface area contributed by atoms with Gasteiger partial charge in [0.05, 0.1) is 6.04 Å². The van der Waals surface area contributed by atoms with Crippen molar-refractivity contribution >= 4 is 5.69 Å². The van der Waals surface area contributed by atoms with E-state index in [2.05, 4.69) is 43.4 Å². The lowest BCUT2D eigenvalue weighted by Crippen LogP contribution is -2.10. The zero-order valence-corrected chi connectivity index (χ0v) is 12.7. The van der Waals surface area contributed by atoms with Gasteiger partial charge in [0.2, 0.25) is 0 Å². The number of hydrogen-bond acceptors (Lipinski definition) is 2. The molecule has 2 N–H and O–H groups in total. The Labute approximate surface area is 121 Å². The zero-order valence-electron chi connectivity index (χ0n) is 12.7. The van der Waals surface area contributed by atoms with E-state index >= 15 is 0 Å². The number of rotatable bonds is 4. The fourth-order valence-electron chi connectivity index (χ4n) is 2.36. The topological polar surface area (TPSA) is 32.3 Å². The molecular formula is C18H23NO. The summed E-state index contributed by atoms with van der Waals surface area (Å²) in [6.07, 6.45) is 1.02. The van der Waals surface area contributed by atoms with Crippen molar-refractivity contribution in [1.29, 1.82) is 0 Å². The van der Waals surface area contributed by atoms with E-state index in [-0.39, 0.29) is 0 Å². The number of benzene rings is 2. The molecule has 2 nitrogen and oxygen atoms in total. The Balaban J connectivity index is 2.26. The first-order chi connectivity index (χ1) is 9.51. The maximum atomic E-state index is 9.74. The lowest BCUT2D eigenvalue weighted by Gasteiger charge is -2.21. The summed E-state index contributed by atoms with van der Waals surface area (Å²) in [6.45, 7) is 8.22. The van der Waals surface area contributed by atoms with Crippen LogP contribution >= 0.6 is 0 Å². The van der Waals surface area contributed by atoms with Gasteiger partial charge in [-0.1, -0.05) is 36.8 Å². The highest BCUT2D eigenvalue weighted by Gasteiger charge is 2.11. The van der Waals surface area contributed by atoms with E-state index in [4.69, 9.17) is 0 Å². The number of phenolic OH excluding ortho intramolecular Hbond substituents is 1. The van der Waals surface area contributed by atoms with E-state index in [1.165, 1.54) is 11.1 Å². The molecule has 1 atom stereocenters. The zero-order chi connectivity index (χ0) is 14.7. The molecule has 0 heterocycles. The van der Waals surface area contributed by atoms with Crippen molar-refractivity contribution in [3.05, 3.63) is 58.7 Å². The third-order valence-corrected chi connectivity index (χ3v) is 3.76. The predicted molar refractivity (Wildman–Crippen MR) is 85.4 cm³/mol. The Hall–Kier alpha value is -1.96. The van der Waals surface area contributed by atoms with Gasteiger partial charge in [-0.3, -0.25) is 0 Å². The van der Waals surface area contributed by atoms with E-state index in [1.54, 1.807) is 0 Å². The van der Waals surface area contributed by atoms with Crippen molar-refractivity contribution in [2.45, 2.75) is 40.2 Å². The van der Waals surface area contributed by atoms with Crippen LogP contribution in [0.1, 0.15) is 41.6 Å². The van der Waals surface area contributed by atoms with Gasteiger partial charge >= 0.3 is 0 Å². The third kappa shape index (κ3) is 3.13. The summed E-state index contributed by atoms with van der Waals surface area (Å²) in [6, 6.07) is 12.8. The van der Waals surface area contributed by atoms with E-state index in [9.17, 15) is 5.11 Å². The Morgan fingerprint density at radius 2 is 1.65 bits per heavy atom. The molecule has 0 bridgehead atoms. The summed E-state index contributed by atoms with van der Waals surface area (Å²) in [5.41, 5.74) is 5.63. The first kappa shape index (κ1) is 14.4. The number of anilines is 1. The molecule has 0 aromatic heterocycles. The van der Waals surface area contributed by atoms with Crippen LogP contribution < -0.4 is 5.32 Å². The molecule has 2 aromatic carbocycles. The van der Waals surface area contributed by atoms with Gasteiger partial charge in [-0.2, -0.15) is 0 Å². The minimum absolute atomic E-state index is 0.290. The molecule has 1 unspecified atom stereocenters. The molecule has 0 amide bonds. The number of hydrogen-bond donors (Lipinski definition) is 2. The van der Waals surface area contributed by atoms with Gasteiger partial charge in [-0.15, -0.1) is 0 Å². The highest BCUT2D eigenvalue weighted by molar-refractivity contribution is 5.57. The van der Waals surface area contributed by atoms with Crippen LogP contribution in [0.4, 0.5) is 5.69 Å². The second-order valence-electron chi connectivity index (χ2n) is 5.47. The first-order valence-electron chi connectivity index (χ1n) is 7.14. The molecule has 0 saturated heterocycles. The minimum atomic E-state index is 0.290. The predicted octanol–water partition coefficient (Wildman–Crippen LogP) is 4.88. The van der Waals surface area contributed by atoms with Gasteiger partial charge in [0.1, 0.15) is 5.75 Å². The lowest BCUT2D eigenvalue weighted by atomic mass is 10.0. The van der Waals surface area contributed by atoms with Crippen molar-refractivity contribution in [3.63, 3.8) is 0 Å². The maximum Gasteiger partial charge on any atom is 0.118 e. The summed E-state index contributed by atoms with van der Waals surface area (Å²) in [5.74, 6) is 0.358. The highest BCUT2D eigenvalue weighted by atomic mass is 16.3. The van der Waals surface area contributed by atoms with Crippen LogP contribution in [0.15, 0.2) is 36.4 Å². The average Bonchev–Trinajstić information content (AvgIpc) is 2.42. The molecule has 20 heavy (non-hydrogen) atoms. The van der Waals surface area contributed by atoms with E-state index in [0.29, 0.717) is 11.8 Å². The van der Waals surface area contributed by atoms with Crippen molar-refractivity contribution in [2.75, 3.05) is 5.32 Å². The second kappa shape index (κ2) is 6.00. The maximum absolute atomic E-state index is 9.74. The fourth-order valence-corrected chi connectivity index (χ4v) is 2.36. The van der Waals surface area contributed by atoms with Gasteiger partial charge < -0.3 is 10.4 Å². The molecule has 0 radical (unpaired) electrons. The fraction of sp³-hybridized carbons (Fsp3) is 0.333. The first-order valence-corrected chi connectivity index (χ1v) is 7.14. The SMILES string of the molecule is CCC(Nc1cc(C)c(O)cc1C)c1ccc(C)cc1. The second-order valence-corrected chi connectivity index (χ2v) is 5.47. The van der Waals surface area contributed by atoms with Crippen molar-refractivity contribution in [2.24, 2.45) is 0 Å². The normalized spacial score (nSPS) is 12.2. The molecular weight excluding hydrogens is 246 g/mol. The quantitative estimate of drug-likeness (QED) is 0.775. The van der Waals surface area contributed by atoms with Crippen molar-refractivity contribution < 1.29 is 5.11 Å². The van der Waals surface area contributed by atoms with Crippen LogP contribution in [0.2, 0.25) is 0 Å². The van der Waals surface area contributed by atoms with E-state index in [1.807, 2.05) is 26.0 Å². The number of aryl methyl sites for hydroxylation is 3. The monoisotopic (exact) mass is 269 g/mol. The summed E-state index contributed by atoms with van der Waals surface area (Å²) in [4.78, 5) is 0. The van der Waals surface area contributed by atoms with Gasteiger partial charge in [-0.25, -0.2) is 0 Å². The summed E-state index contributed by atoms with van der Waals surface area (Å²) in [5, 5.41) is 13.3. The molecule has 2 aromatic rings. The Kier molecular flexibility index (Phi) is 4.33. The molecule has 2 rings (SSSR count). The van der Waals surface area contributed by atoms with Gasteiger partial charge in [0.25, 0.3) is 0 Å². The van der Waals surface area contributed by atoms with Crippen LogP contribution in [0.3, 0.4) is 0 Å². The summed E-state index contributed by atoms with van der Waals surface area (Å²) in [7, 11) is 0. The Morgan fingerprint density at radius 3 is 2.25 bits per heavy atom. The molecule has 0 aliphatic rings. The van der Waals surface area contributed by atoms with E-state index in [0.717, 1.165) is 23.2 Å². The smallest absolute Gasteiger partial charge is 0.118 e. The molecule has 0 saturated carbocycles. The molecule has 106 valence electrons. The third-order valence-electron chi connectivity index (χ3n) is 3.76. The van der Waals surface area contributed by atoms with Crippen molar-refractivity contribution in [3.8, 4) is 5.75 Å². The van der Waals surface area contributed by atoms with Gasteiger partial charge in [-0.05, 0) is 56.0 Å². The lowest BCUT2D eigenvalue weighted by molar-refractivity contribution is 0.470. The number of nitrogens with one attached hydrogen (secondary N) is 1.